The van der Waals surface area contributed by atoms with Gasteiger partial charge in [-0.2, -0.15) is 0 Å². The van der Waals surface area contributed by atoms with Gasteiger partial charge in [0.1, 0.15) is 61.0 Å². The van der Waals surface area contributed by atoms with Crippen LogP contribution in [0.25, 0.3) is 0 Å². The monoisotopic (exact) mass is 564 g/mol. The number of hydrogen-bond acceptors (Lipinski definition) is 16. The molecule has 15 atom stereocenters. The van der Waals surface area contributed by atoms with Crippen molar-refractivity contribution in [2.45, 2.75) is 98.2 Å². The fourth-order valence-corrected chi connectivity index (χ4v) is 5.24. The molecule has 218 valence electrons. The predicted octanol–water partition coefficient (Wildman–Crippen LogP) is -7.17. The molecule has 16 N–H and O–H groups in total. The number of aliphatic hydroxyl groups excluding tert-OH is 6. The molecule has 0 amide bonds. The molecule has 18 nitrogen and oxygen atoms in total. The second-order valence-electron chi connectivity index (χ2n) is 9.36. The van der Waals surface area contributed by atoms with E-state index in [0.29, 0.717) is 0 Å². The summed E-state index contributed by atoms with van der Waals surface area (Å²) in [6.07, 6.45) is -18.5. The topological polar surface area (TPSA) is 329 Å². The number of hydrogen-bond donors (Lipinski definition) is 12. The molecule has 15 unspecified atom stereocenters. The largest absolute Gasteiger partial charge is 0.470 e. The van der Waals surface area contributed by atoms with E-state index in [9.17, 15) is 35.2 Å². The Morgan fingerprint density at radius 2 is 1.27 bits per heavy atom. The maximum atomic E-state index is 11.3. The highest BCUT2D eigenvalue weighted by Gasteiger charge is 2.53. The Labute approximate surface area is 211 Å². The van der Waals surface area contributed by atoms with Crippen LogP contribution in [0, 0.1) is 0 Å². The Balaban J connectivity index is 1.76. The van der Waals surface area contributed by atoms with Gasteiger partial charge in [-0.25, -0.2) is 4.57 Å². The predicted molar refractivity (Wildman–Crippen MR) is 119 cm³/mol. The first-order valence-electron chi connectivity index (χ1n) is 11.5. The van der Waals surface area contributed by atoms with Crippen LogP contribution in [-0.2, 0) is 28.0 Å². The van der Waals surface area contributed by atoms with Crippen molar-refractivity contribution in [3.05, 3.63) is 0 Å². The van der Waals surface area contributed by atoms with Crippen molar-refractivity contribution >= 4 is 7.82 Å². The maximum absolute atomic E-state index is 11.3. The number of rotatable bonds is 8. The minimum Gasteiger partial charge on any atom is -0.394 e. The van der Waals surface area contributed by atoms with E-state index in [1.54, 1.807) is 0 Å². The first-order valence-corrected chi connectivity index (χ1v) is 13.1. The third kappa shape index (κ3) is 6.83. The van der Waals surface area contributed by atoms with Gasteiger partial charge in [0, 0.05) is 18.6 Å². The summed E-state index contributed by atoms with van der Waals surface area (Å²) in [5, 5.41) is 61.7. The third-order valence-electron chi connectivity index (χ3n) is 6.71. The minimum atomic E-state index is -5.17. The van der Waals surface area contributed by atoms with Crippen LogP contribution >= 0.6 is 7.82 Å². The van der Waals surface area contributed by atoms with Crippen LogP contribution in [0.3, 0.4) is 0 Å². The molecule has 2 heterocycles. The van der Waals surface area contributed by atoms with E-state index in [4.69, 9.17) is 51.7 Å². The molecule has 2 saturated heterocycles. The molecule has 0 bridgehead atoms. The molecule has 0 aromatic rings. The first-order chi connectivity index (χ1) is 17.2. The molecular formula is C18H37N4O14P. The molecule has 0 spiro atoms. The van der Waals surface area contributed by atoms with E-state index in [0.717, 1.165) is 0 Å². The highest BCUT2D eigenvalue weighted by atomic mass is 31.2. The molecule has 1 saturated carbocycles. The van der Waals surface area contributed by atoms with Gasteiger partial charge < -0.3 is 82.3 Å². The highest BCUT2D eigenvalue weighted by molar-refractivity contribution is 7.46. The van der Waals surface area contributed by atoms with Gasteiger partial charge in [0.25, 0.3) is 0 Å². The normalized spacial score (nSPS) is 49.7. The SMILES string of the molecule is NCC1OC(OC2C(N)CC(N)C(OC3OC(CO)C(O)C(N)C3O)C2O)C(O)C(OP(=O)(O)O)C1O. The van der Waals surface area contributed by atoms with E-state index in [2.05, 4.69) is 4.52 Å². The molecule has 0 aromatic carbocycles. The molecule has 0 radical (unpaired) electrons. The Hall–Kier alpha value is -0.450. The Morgan fingerprint density at radius 3 is 1.76 bits per heavy atom. The van der Waals surface area contributed by atoms with Crippen molar-refractivity contribution in [3.63, 3.8) is 0 Å². The lowest BCUT2D eigenvalue weighted by molar-refractivity contribution is -0.330. The van der Waals surface area contributed by atoms with Crippen LogP contribution in [0.2, 0.25) is 0 Å². The van der Waals surface area contributed by atoms with Crippen molar-refractivity contribution in [1.82, 2.24) is 0 Å². The lowest BCUT2D eigenvalue weighted by Gasteiger charge is -2.48. The molecule has 2 aliphatic heterocycles. The molecule has 3 rings (SSSR count). The maximum Gasteiger partial charge on any atom is 0.470 e. The highest BCUT2D eigenvalue weighted by Crippen LogP contribution is 2.42. The quantitative estimate of drug-likeness (QED) is 0.122. The number of ether oxygens (including phenoxy) is 4. The van der Waals surface area contributed by atoms with E-state index in [1.165, 1.54) is 0 Å². The molecule has 0 aromatic heterocycles. The van der Waals surface area contributed by atoms with Gasteiger partial charge >= 0.3 is 7.82 Å². The zero-order valence-corrected chi connectivity index (χ0v) is 20.5. The van der Waals surface area contributed by atoms with Crippen LogP contribution in [0.4, 0.5) is 0 Å². The van der Waals surface area contributed by atoms with E-state index in [1.807, 2.05) is 0 Å². The Morgan fingerprint density at radius 1 is 0.757 bits per heavy atom. The van der Waals surface area contributed by atoms with Crippen molar-refractivity contribution < 1.29 is 68.5 Å². The van der Waals surface area contributed by atoms with Crippen LogP contribution in [0.1, 0.15) is 6.42 Å². The smallest absolute Gasteiger partial charge is 0.394 e. The average Bonchev–Trinajstić information content (AvgIpc) is 2.82. The first kappa shape index (κ1) is 31.1. The summed E-state index contributed by atoms with van der Waals surface area (Å²) >= 11 is 0. The summed E-state index contributed by atoms with van der Waals surface area (Å²) in [5.41, 5.74) is 23.5. The molecule has 19 heteroatoms. The lowest BCUT2D eigenvalue weighted by atomic mass is 9.84. The average molecular weight is 564 g/mol. The minimum absolute atomic E-state index is 0.0124. The van der Waals surface area contributed by atoms with E-state index in [-0.39, 0.29) is 13.0 Å². The fraction of sp³-hybridized carbons (Fsp3) is 1.00. The van der Waals surface area contributed by atoms with Gasteiger partial charge in [-0.15, -0.1) is 0 Å². The van der Waals surface area contributed by atoms with Crippen LogP contribution in [-0.4, -0.2) is 145 Å². The van der Waals surface area contributed by atoms with Crippen LogP contribution in [0.15, 0.2) is 0 Å². The van der Waals surface area contributed by atoms with E-state index < -0.39 is 106 Å². The van der Waals surface area contributed by atoms with Crippen molar-refractivity contribution in [1.29, 1.82) is 0 Å². The summed E-state index contributed by atoms with van der Waals surface area (Å²) in [4.78, 5) is 18.3. The van der Waals surface area contributed by atoms with Crippen molar-refractivity contribution in [2.75, 3.05) is 13.2 Å². The lowest BCUT2D eigenvalue weighted by Crippen LogP contribution is -2.68. The summed E-state index contributed by atoms with van der Waals surface area (Å²) in [5.74, 6) is 0. The summed E-state index contributed by atoms with van der Waals surface area (Å²) in [6.45, 7) is -0.986. The molecule has 3 fully saturated rings. The van der Waals surface area contributed by atoms with Gasteiger partial charge in [0.05, 0.1) is 12.6 Å². The summed E-state index contributed by atoms with van der Waals surface area (Å²) in [7, 11) is -5.17. The number of phosphoric acid groups is 1. The van der Waals surface area contributed by atoms with Gasteiger partial charge in [0.15, 0.2) is 12.6 Å². The molecule has 37 heavy (non-hydrogen) atoms. The zero-order chi connectivity index (χ0) is 27.8. The molecular weight excluding hydrogens is 527 g/mol. The standard InChI is InChI=1S/C18H37N4O14P/c19-2-6-10(25)16(36-37(29,30)31)13(28)18(32-6)35-15-5(21)1-4(20)14(12(15)27)34-17-11(26)8(22)9(24)7(3-23)33-17/h4-18,23-28H,1-3,19-22H2,(H2,29,30,31). The van der Waals surface area contributed by atoms with Gasteiger partial charge in [-0.05, 0) is 6.42 Å². The van der Waals surface area contributed by atoms with E-state index >= 15 is 0 Å². The summed E-state index contributed by atoms with van der Waals surface area (Å²) in [6, 6.07) is -3.13. The molecule has 1 aliphatic carbocycles. The second kappa shape index (κ2) is 12.4. The second-order valence-corrected chi connectivity index (χ2v) is 10.6. The van der Waals surface area contributed by atoms with Crippen molar-refractivity contribution in [2.24, 2.45) is 22.9 Å². The van der Waals surface area contributed by atoms with Gasteiger partial charge in [-0.3, -0.25) is 4.52 Å². The fourth-order valence-electron chi connectivity index (χ4n) is 4.67. The van der Waals surface area contributed by atoms with Gasteiger partial charge in [0.2, 0.25) is 0 Å². The number of phosphoric ester groups is 1. The third-order valence-corrected chi connectivity index (χ3v) is 7.23. The van der Waals surface area contributed by atoms with Crippen LogP contribution < -0.4 is 22.9 Å². The Bertz CT molecular complexity index is 796. The van der Waals surface area contributed by atoms with Crippen LogP contribution in [0.5, 0.6) is 0 Å². The molecule has 3 aliphatic rings. The summed E-state index contributed by atoms with van der Waals surface area (Å²) < 4.78 is 38.0. The van der Waals surface area contributed by atoms with Crippen molar-refractivity contribution in [3.8, 4) is 0 Å². The number of nitrogens with two attached hydrogens (primary N) is 4. The Kier molecular flexibility index (Phi) is 10.4. The zero-order valence-electron chi connectivity index (χ0n) is 19.6. The number of aliphatic hydroxyl groups is 6. The van der Waals surface area contributed by atoms with Gasteiger partial charge in [-0.1, -0.05) is 0 Å².